The van der Waals surface area contributed by atoms with Crippen LogP contribution in [0.2, 0.25) is 5.02 Å². The molecule has 1 N–H and O–H groups in total. The highest BCUT2D eigenvalue weighted by Gasteiger charge is 2.33. The highest BCUT2D eigenvalue weighted by Crippen LogP contribution is 2.45. The summed E-state index contributed by atoms with van der Waals surface area (Å²) in [6.45, 7) is 6.88. The molecule has 0 fully saturated rings. The molecule has 4 rings (SSSR count). The topological polar surface area (TPSA) is 59.9 Å². The van der Waals surface area contributed by atoms with E-state index < -0.39 is 0 Å². The smallest absolute Gasteiger partial charge is 0.259 e. The van der Waals surface area contributed by atoms with Gasteiger partial charge in [0.2, 0.25) is 0 Å². The first-order chi connectivity index (χ1) is 16.7. The molecule has 1 atom stereocenters. The zero-order valence-electron chi connectivity index (χ0n) is 20.8. The lowest BCUT2D eigenvalue weighted by atomic mass is 9.72. The monoisotopic (exact) mass is 510 g/mol. The predicted molar refractivity (Wildman–Crippen MR) is 145 cm³/mol. The van der Waals surface area contributed by atoms with Gasteiger partial charge >= 0.3 is 0 Å². The summed E-state index contributed by atoms with van der Waals surface area (Å²) in [6.07, 6.45) is 4.71. The molecule has 7 heteroatoms. The molecule has 1 aliphatic rings. The number of amides is 1. The summed E-state index contributed by atoms with van der Waals surface area (Å²) in [5, 5.41) is 4.20. The van der Waals surface area contributed by atoms with Gasteiger partial charge in [-0.05, 0) is 84.2 Å². The van der Waals surface area contributed by atoms with E-state index in [9.17, 15) is 4.79 Å². The van der Waals surface area contributed by atoms with Gasteiger partial charge in [0.1, 0.15) is 16.5 Å². The van der Waals surface area contributed by atoms with Crippen molar-refractivity contribution in [1.82, 2.24) is 0 Å². The SMILES string of the molecule is COc1ccc(C=Nc2sc3c(c2C(=O)Nc2ccc(OC)c(Cl)c2)CCC(C(C)(C)C)C3)cc1. The minimum absolute atomic E-state index is 0.167. The van der Waals surface area contributed by atoms with Gasteiger partial charge in [0.15, 0.2) is 0 Å². The lowest BCUT2D eigenvalue weighted by Crippen LogP contribution is -2.27. The number of thiophene rings is 1. The van der Waals surface area contributed by atoms with Crippen LogP contribution in [-0.2, 0) is 12.8 Å². The Kier molecular flexibility index (Phi) is 7.53. The zero-order chi connectivity index (χ0) is 25.2. The normalized spacial score (nSPS) is 15.7. The van der Waals surface area contributed by atoms with Crippen molar-refractivity contribution in [3.8, 4) is 11.5 Å². The van der Waals surface area contributed by atoms with Crippen LogP contribution in [0.3, 0.4) is 0 Å². The van der Waals surface area contributed by atoms with Crippen molar-refractivity contribution >= 4 is 45.7 Å². The third-order valence-electron chi connectivity index (χ3n) is 6.55. The molecule has 3 aromatic rings. The van der Waals surface area contributed by atoms with Crippen molar-refractivity contribution < 1.29 is 14.3 Å². The first kappa shape index (κ1) is 25.3. The number of fused-ring (bicyclic) bond motifs is 1. The van der Waals surface area contributed by atoms with Gasteiger partial charge in [-0.3, -0.25) is 4.79 Å². The number of halogens is 1. The minimum atomic E-state index is -0.167. The van der Waals surface area contributed by atoms with Gasteiger partial charge in [0, 0.05) is 16.8 Å². The molecule has 2 aromatic carbocycles. The van der Waals surface area contributed by atoms with Gasteiger partial charge in [-0.15, -0.1) is 11.3 Å². The number of rotatable bonds is 6. The van der Waals surface area contributed by atoms with Crippen LogP contribution in [0.5, 0.6) is 11.5 Å². The van der Waals surface area contributed by atoms with E-state index in [4.69, 9.17) is 26.1 Å². The third-order valence-corrected chi connectivity index (χ3v) is 8.01. The van der Waals surface area contributed by atoms with E-state index in [1.807, 2.05) is 24.3 Å². The van der Waals surface area contributed by atoms with E-state index in [0.717, 1.165) is 41.1 Å². The molecule has 1 amide bonds. The average Bonchev–Trinajstić information content (AvgIpc) is 3.20. The summed E-state index contributed by atoms with van der Waals surface area (Å²) in [6, 6.07) is 12.9. The lowest BCUT2D eigenvalue weighted by molar-refractivity contribution is 0.102. The first-order valence-electron chi connectivity index (χ1n) is 11.7. The summed E-state index contributed by atoms with van der Waals surface area (Å²) in [7, 11) is 3.21. The molecule has 0 spiro atoms. The van der Waals surface area contributed by atoms with Crippen LogP contribution in [0.1, 0.15) is 53.6 Å². The Morgan fingerprint density at radius 1 is 1.14 bits per heavy atom. The summed E-state index contributed by atoms with van der Waals surface area (Å²) in [4.78, 5) is 19.6. The van der Waals surface area contributed by atoms with Crippen LogP contribution in [0.15, 0.2) is 47.5 Å². The van der Waals surface area contributed by atoms with Crippen LogP contribution >= 0.6 is 22.9 Å². The summed E-state index contributed by atoms with van der Waals surface area (Å²) < 4.78 is 10.5. The van der Waals surface area contributed by atoms with E-state index >= 15 is 0 Å². The second-order valence-corrected chi connectivity index (χ2v) is 11.3. The van der Waals surface area contributed by atoms with E-state index in [1.54, 1.807) is 50.0 Å². The number of nitrogens with zero attached hydrogens (tertiary/aromatic N) is 1. The number of benzene rings is 2. The minimum Gasteiger partial charge on any atom is -0.497 e. The number of carbonyl (C=O) groups excluding carboxylic acids is 1. The number of ether oxygens (including phenoxy) is 2. The first-order valence-corrected chi connectivity index (χ1v) is 12.9. The quantitative estimate of drug-likeness (QED) is 0.348. The van der Waals surface area contributed by atoms with Crippen LogP contribution in [0, 0.1) is 11.3 Å². The van der Waals surface area contributed by atoms with Crippen LogP contribution < -0.4 is 14.8 Å². The Morgan fingerprint density at radius 2 is 1.89 bits per heavy atom. The molecule has 0 saturated carbocycles. The fourth-order valence-electron chi connectivity index (χ4n) is 4.40. The fourth-order valence-corrected chi connectivity index (χ4v) is 5.92. The molecule has 0 aliphatic heterocycles. The van der Waals surface area contributed by atoms with Gasteiger partial charge in [-0.1, -0.05) is 32.4 Å². The number of carbonyl (C=O) groups is 1. The van der Waals surface area contributed by atoms with E-state index in [2.05, 4.69) is 26.1 Å². The van der Waals surface area contributed by atoms with Crippen molar-refractivity contribution in [2.24, 2.45) is 16.3 Å². The molecule has 1 aliphatic carbocycles. The third kappa shape index (κ3) is 5.71. The summed E-state index contributed by atoms with van der Waals surface area (Å²) in [5.41, 5.74) is 3.56. The molecule has 35 heavy (non-hydrogen) atoms. The summed E-state index contributed by atoms with van der Waals surface area (Å²) in [5.74, 6) is 1.76. The van der Waals surface area contributed by atoms with Crippen molar-refractivity contribution in [3.05, 3.63) is 69.1 Å². The zero-order valence-corrected chi connectivity index (χ0v) is 22.3. The van der Waals surface area contributed by atoms with Gasteiger partial charge in [-0.25, -0.2) is 4.99 Å². The molecule has 0 bridgehead atoms. The van der Waals surface area contributed by atoms with Crippen LogP contribution in [0.25, 0.3) is 0 Å². The number of hydrogen-bond donors (Lipinski definition) is 1. The maximum atomic E-state index is 13.5. The Hall–Kier alpha value is -2.83. The standard InChI is InChI=1S/C28H31ClN2O3S/c1-28(2,3)18-8-12-21-24(14-18)35-27(30-16-17-6-10-20(33-4)11-7-17)25(21)26(32)31-19-9-13-23(34-5)22(29)15-19/h6-7,9-11,13,15-16,18H,8,12,14H2,1-5H3,(H,31,32). The number of hydrogen-bond acceptors (Lipinski definition) is 5. The van der Waals surface area contributed by atoms with Gasteiger partial charge in [-0.2, -0.15) is 0 Å². The van der Waals surface area contributed by atoms with Gasteiger partial charge < -0.3 is 14.8 Å². The molecule has 1 heterocycles. The van der Waals surface area contributed by atoms with Crippen molar-refractivity contribution in [1.29, 1.82) is 0 Å². The van der Waals surface area contributed by atoms with E-state index in [1.165, 1.54) is 4.88 Å². The number of nitrogens with one attached hydrogen (secondary N) is 1. The molecule has 5 nitrogen and oxygen atoms in total. The van der Waals surface area contributed by atoms with E-state index in [-0.39, 0.29) is 11.3 Å². The highest BCUT2D eigenvalue weighted by molar-refractivity contribution is 7.16. The van der Waals surface area contributed by atoms with Crippen LogP contribution in [0.4, 0.5) is 10.7 Å². The Bertz CT molecular complexity index is 1240. The molecular weight excluding hydrogens is 480 g/mol. The largest absolute Gasteiger partial charge is 0.497 e. The predicted octanol–water partition coefficient (Wildman–Crippen LogP) is 7.57. The molecule has 184 valence electrons. The number of methoxy groups -OCH3 is 2. The molecule has 1 unspecified atom stereocenters. The molecule has 1 aromatic heterocycles. The van der Waals surface area contributed by atoms with Crippen molar-refractivity contribution in [3.63, 3.8) is 0 Å². The summed E-state index contributed by atoms with van der Waals surface area (Å²) >= 11 is 7.90. The second kappa shape index (κ2) is 10.4. The highest BCUT2D eigenvalue weighted by atomic mass is 35.5. The van der Waals surface area contributed by atoms with Crippen LogP contribution in [-0.4, -0.2) is 26.3 Å². The maximum absolute atomic E-state index is 13.5. The van der Waals surface area contributed by atoms with Crippen molar-refractivity contribution in [2.75, 3.05) is 19.5 Å². The average molecular weight is 511 g/mol. The molecular formula is C28H31ClN2O3S. The fraction of sp³-hybridized carbons (Fsp3) is 0.357. The van der Waals surface area contributed by atoms with E-state index in [0.29, 0.717) is 27.9 Å². The Balaban J connectivity index is 1.68. The number of anilines is 1. The number of aliphatic imine (C=N–C) groups is 1. The maximum Gasteiger partial charge on any atom is 0.259 e. The molecule has 0 saturated heterocycles. The van der Waals surface area contributed by atoms with Gasteiger partial charge in [0.05, 0.1) is 24.8 Å². The Morgan fingerprint density at radius 3 is 2.51 bits per heavy atom. The second-order valence-electron chi connectivity index (χ2n) is 9.82. The lowest BCUT2D eigenvalue weighted by Gasteiger charge is -2.33. The Labute approximate surface area is 216 Å². The van der Waals surface area contributed by atoms with Gasteiger partial charge in [0.25, 0.3) is 5.91 Å². The van der Waals surface area contributed by atoms with Crippen molar-refractivity contribution in [2.45, 2.75) is 40.0 Å². The molecule has 0 radical (unpaired) electrons.